The van der Waals surface area contributed by atoms with Crippen molar-refractivity contribution in [2.24, 2.45) is 5.92 Å². The molecule has 5 nitrogen and oxygen atoms in total. The molecule has 0 radical (unpaired) electrons. The van der Waals surface area contributed by atoms with E-state index in [0.717, 1.165) is 0 Å². The molecule has 0 spiro atoms. The third-order valence-corrected chi connectivity index (χ3v) is 2.84. The average Bonchev–Trinajstić information content (AvgIpc) is 2.63. The first-order valence-electron chi connectivity index (χ1n) is 5.63. The molecule has 0 saturated heterocycles. The smallest absolute Gasteiger partial charge is 0.390 e. The number of hydrogen-bond donors (Lipinski definition) is 3. The number of carbonyl (C=O) groups excluding carboxylic acids is 1. The standard InChI is InChI=1S/C10H15F3N2O3/c11-10(12,13)4-5-14-9(18)15-7-3-1-2-6(7)8(16)17/h6-7H,1-5H2,(H,16,17)(H2,14,15,18). The highest BCUT2D eigenvalue weighted by molar-refractivity contribution is 5.76. The molecule has 0 aromatic heterocycles. The molecule has 8 heteroatoms. The maximum absolute atomic E-state index is 11.8. The van der Waals surface area contributed by atoms with Crippen LogP contribution in [0, 0.1) is 5.92 Å². The van der Waals surface area contributed by atoms with Gasteiger partial charge in [0.1, 0.15) is 0 Å². The van der Waals surface area contributed by atoms with Gasteiger partial charge in [-0.2, -0.15) is 13.2 Å². The summed E-state index contributed by atoms with van der Waals surface area (Å²) in [4.78, 5) is 22.1. The van der Waals surface area contributed by atoms with Crippen molar-refractivity contribution >= 4 is 12.0 Å². The van der Waals surface area contributed by atoms with Crippen molar-refractivity contribution in [3.05, 3.63) is 0 Å². The molecule has 0 aliphatic heterocycles. The quantitative estimate of drug-likeness (QED) is 0.722. The van der Waals surface area contributed by atoms with Gasteiger partial charge in [0.25, 0.3) is 0 Å². The van der Waals surface area contributed by atoms with Gasteiger partial charge in [0.05, 0.1) is 12.3 Å². The highest BCUT2D eigenvalue weighted by atomic mass is 19.4. The van der Waals surface area contributed by atoms with E-state index in [1.165, 1.54) is 0 Å². The van der Waals surface area contributed by atoms with Crippen LogP contribution in [0.2, 0.25) is 0 Å². The van der Waals surface area contributed by atoms with Gasteiger partial charge in [0.2, 0.25) is 0 Å². The van der Waals surface area contributed by atoms with Crippen LogP contribution in [0.15, 0.2) is 0 Å². The molecule has 104 valence electrons. The van der Waals surface area contributed by atoms with E-state index in [9.17, 15) is 22.8 Å². The molecule has 3 N–H and O–H groups in total. The minimum absolute atomic E-state index is 0.475. The first kappa shape index (κ1) is 14.6. The lowest BCUT2D eigenvalue weighted by Gasteiger charge is -2.18. The number of urea groups is 1. The van der Waals surface area contributed by atoms with Gasteiger partial charge in [-0.1, -0.05) is 6.42 Å². The summed E-state index contributed by atoms with van der Waals surface area (Å²) in [7, 11) is 0. The van der Waals surface area contributed by atoms with Crippen LogP contribution in [-0.2, 0) is 4.79 Å². The Morgan fingerprint density at radius 1 is 1.28 bits per heavy atom. The number of amides is 2. The van der Waals surface area contributed by atoms with Crippen LogP contribution in [0.4, 0.5) is 18.0 Å². The fraction of sp³-hybridized carbons (Fsp3) is 0.800. The SMILES string of the molecule is O=C(NCCC(F)(F)F)NC1CCCC1C(=O)O. The van der Waals surface area contributed by atoms with Gasteiger partial charge in [-0.3, -0.25) is 4.79 Å². The van der Waals surface area contributed by atoms with Crippen molar-refractivity contribution in [3.8, 4) is 0 Å². The minimum Gasteiger partial charge on any atom is -0.481 e. The first-order chi connectivity index (χ1) is 8.29. The van der Waals surface area contributed by atoms with E-state index in [-0.39, 0.29) is 0 Å². The molecular weight excluding hydrogens is 253 g/mol. The Labute approximate surface area is 102 Å². The van der Waals surface area contributed by atoms with Gasteiger partial charge in [0.15, 0.2) is 0 Å². The van der Waals surface area contributed by atoms with Crippen LogP contribution < -0.4 is 10.6 Å². The Bertz CT molecular complexity index is 320. The van der Waals surface area contributed by atoms with Crippen LogP contribution >= 0.6 is 0 Å². The molecule has 1 aliphatic rings. The zero-order valence-electron chi connectivity index (χ0n) is 9.59. The molecule has 1 aliphatic carbocycles. The van der Waals surface area contributed by atoms with Crippen LogP contribution in [-0.4, -0.2) is 35.9 Å². The normalized spacial score (nSPS) is 23.7. The molecule has 0 bridgehead atoms. The lowest BCUT2D eigenvalue weighted by Crippen LogP contribution is -2.46. The molecule has 18 heavy (non-hydrogen) atoms. The second-order valence-electron chi connectivity index (χ2n) is 4.25. The number of rotatable bonds is 4. The predicted octanol–water partition coefficient (Wildman–Crippen LogP) is 1.49. The van der Waals surface area contributed by atoms with Crippen molar-refractivity contribution in [1.82, 2.24) is 10.6 Å². The van der Waals surface area contributed by atoms with E-state index in [4.69, 9.17) is 5.11 Å². The summed E-state index contributed by atoms with van der Waals surface area (Å²) < 4.78 is 35.5. The lowest BCUT2D eigenvalue weighted by molar-refractivity contribution is -0.142. The third-order valence-electron chi connectivity index (χ3n) is 2.84. The zero-order chi connectivity index (χ0) is 13.8. The summed E-state index contributed by atoms with van der Waals surface area (Å²) in [5, 5.41) is 13.3. The van der Waals surface area contributed by atoms with Crippen molar-refractivity contribution in [1.29, 1.82) is 0 Å². The maximum atomic E-state index is 11.8. The second kappa shape index (κ2) is 5.92. The molecule has 0 aromatic rings. The third kappa shape index (κ3) is 4.80. The van der Waals surface area contributed by atoms with Crippen molar-refractivity contribution in [3.63, 3.8) is 0 Å². The van der Waals surface area contributed by atoms with E-state index in [1.54, 1.807) is 0 Å². The van der Waals surface area contributed by atoms with Crippen molar-refractivity contribution < 1.29 is 27.9 Å². The Morgan fingerprint density at radius 2 is 1.94 bits per heavy atom. The van der Waals surface area contributed by atoms with Crippen molar-refractivity contribution in [2.75, 3.05) is 6.54 Å². The summed E-state index contributed by atoms with van der Waals surface area (Å²) in [5.41, 5.74) is 0. The number of carboxylic acids is 1. The number of halogens is 3. The van der Waals surface area contributed by atoms with Gasteiger partial charge in [0, 0.05) is 12.6 Å². The summed E-state index contributed by atoms with van der Waals surface area (Å²) in [5.74, 6) is -1.65. The number of alkyl halides is 3. The van der Waals surface area contributed by atoms with Crippen LogP contribution in [0.5, 0.6) is 0 Å². The monoisotopic (exact) mass is 268 g/mol. The van der Waals surface area contributed by atoms with Crippen LogP contribution in [0.25, 0.3) is 0 Å². The molecular formula is C10H15F3N2O3. The molecule has 2 atom stereocenters. The fourth-order valence-corrected chi connectivity index (χ4v) is 1.97. The topological polar surface area (TPSA) is 78.4 Å². The molecule has 0 aromatic carbocycles. The zero-order valence-corrected chi connectivity index (χ0v) is 9.59. The van der Waals surface area contributed by atoms with Crippen LogP contribution in [0.3, 0.4) is 0 Å². The van der Waals surface area contributed by atoms with Gasteiger partial charge in [-0.15, -0.1) is 0 Å². The number of nitrogens with one attached hydrogen (secondary N) is 2. The molecule has 1 fully saturated rings. The largest absolute Gasteiger partial charge is 0.481 e. The summed E-state index contributed by atoms with van der Waals surface area (Å²) in [6, 6.07) is -1.26. The van der Waals surface area contributed by atoms with Gasteiger partial charge in [-0.05, 0) is 12.8 Å². The van der Waals surface area contributed by atoms with Gasteiger partial charge < -0.3 is 15.7 Å². The molecule has 0 heterocycles. The first-order valence-corrected chi connectivity index (χ1v) is 5.63. The molecule has 1 saturated carbocycles. The van der Waals surface area contributed by atoms with E-state index < -0.39 is 43.1 Å². The van der Waals surface area contributed by atoms with Gasteiger partial charge >= 0.3 is 18.2 Å². The van der Waals surface area contributed by atoms with Crippen LogP contribution in [0.1, 0.15) is 25.7 Å². The van der Waals surface area contributed by atoms with Crippen molar-refractivity contribution in [2.45, 2.75) is 37.9 Å². The number of aliphatic carboxylic acids is 1. The highest BCUT2D eigenvalue weighted by Gasteiger charge is 2.34. The summed E-state index contributed by atoms with van der Waals surface area (Å²) >= 11 is 0. The van der Waals surface area contributed by atoms with Gasteiger partial charge in [-0.25, -0.2) is 4.79 Å². The minimum atomic E-state index is -4.32. The van der Waals surface area contributed by atoms with E-state index >= 15 is 0 Å². The Morgan fingerprint density at radius 3 is 2.50 bits per heavy atom. The Kier molecular flexibility index (Phi) is 4.80. The predicted molar refractivity (Wildman–Crippen MR) is 56.0 cm³/mol. The fourth-order valence-electron chi connectivity index (χ4n) is 1.97. The second-order valence-corrected chi connectivity index (χ2v) is 4.25. The van der Waals surface area contributed by atoms with E-state index in [1.807, 2.05) is 0 Å². The van der Waals surface area contributed by atoms with E-state index in [0.29, 0.717) is 19.3 Å². The lowest BCUT2D eigenvalue weighted by atomic mass is 10.0. The summed E-state index contributed by atoms with van der Waals surface area (Å²) in [6.07, 6.45) is -3.73. The van der Waals surface area contributed by atoms with E-state index in [2.05, 4.69) is 10.6 Å². The molecule has 1 rings (SSSR count). The maximum Gasteiger partial charge on any atom is 0.390 e. The summed E-state index contributed by atoms with van der Waals surface area (Å²) in [6.45, 7) is -0.514. The highest BCUT2D eigenvalue weighted by Crippen LogP contribution is 2.25. The average molecular weight is 268 g/mol. The molecule has 2 unspecified atom stereocenters. The number of carboxylic acid groups (broad SMARTS) is 1. The Hall–Kier alpha value is -1.47. The molecule has 2 amide bonds. The number of hydrogen-bond acceptors (Lipinski definition) is 2. The Balaban J connectivity index is 2.29. The number of carbonyl (C=O) groups is 2.